The highest BCUT2D eigenvalue weighted by atomic mass is 16.7. The second-order valence-corrected chi connectivity index (χ2v) is 10.0. The second-order valence-electron chi connectivity index (χ2n) is 10.0. The highest BCUT2D eigenvalue weighted by Gasteiger charge is 2.19. The SMILES string of the molecule is CC(C)CO.CC(C)COC1CCCCCC(=O)OC(C)C1.COc1ccnc(C(N)=O)c1OCOC(C)=O. The van der Waals surface area contributed by atoms with Crippen LogP contribution >= 0.6 is 0 Å². The van der Waals surface area contributed by atoms with E-state index in [0.29, 0.717) is 24.9 Å². The monoisotopic (exact) mass is 556 g/mol. The first-order chi connectivity index (χ1) is 18.4. The lowest BCUT2D eigenvalue weighted by molar-refractivity contribution is -0.151. The van der Waals surface area contributed by atoms with E-state index in [9.17, 15) is 14.4 Å². The van der Waals surface area contributed by atoms with E-state index in [4.69, 9.17) is 29.8 Å². The van der Waals surface area contributed by atoms with Crippen molar-refractivity contribution in [1.82, 2.24) is 4.98 Å². The molecular formula is C28H48N2O9. The Kier molecular flexibility index (Phi) is 19.4. The fraction of sp³-hybridized carbons (Fsp3) is 0.714. The Hall–Kier alpha value is -2.92. The number of aliphatic hydroxyl groups excluding tert-OH is 1. The molecule has 224 valence electrons. The summed E-state index contributed by atoms with van der Waals surface area (Å²) in [5.41, 5.74) is 5.04. The van der Waals surface area contributed by atoms with E-state index in [1.165, 1.54) is 26.3 Å². The van der Waals surface area contributed by atoms with Gasteiger partial charge in [0.1, 0.15) is 6.10 Å². The molecule has 11 heteroatoms. The number of pyridine rings is 1. The van der Waals surface area contributed by atoms with Crippen molar-refractivity contribution in [3.8, 4) is 11.5 Å². The maximum absolute atomic E-state index is 11.4. The Balaban J connectivity index is 0.000000632. The van der Waals surface area contributed by atoms with Gasteiger partial charge in [0.2, 0.25) is 6.79 Å². The number of cyclic esters (lactones) is 1. The first-order valence-electron chi connectivity index (χ1n) is 13.4. The average molecular weight is 557 g/mol. The van der Waals surface area contributed by atoms with Crippen molar-refractivity contribution in [2.45, 2.75) is 92.3 Å². The van der Waals surface area contributed by atoms with E-state index in [-0.39, 0.29) is 42.2 Å². The minimum absolute atomic E-state index is 0.0160. The number of amides is 1. The molecule has 11 nitrogen and oxygen atoms in total. The summed E-state index contributed by atoms with van der Waals surface area (Å²) in [4.78, 5) is 36.9. The normalized spacial score (nSPS) is 17.5. The molecule has 1 fully saturated rings. The van der Waals surface area contributed by atoms with E-state index < -0.39 is 11.9 Å². The number of hydrogen-bond donors (Lipinski definition) is 2. The number of nitrogens with zero attached hydrogens (tertiary/aromatic N) is 1. The number of primary amides is 1. The molecule has 0 aliphatic carbocycles. The zero-order valence-electron chi connectivity index (χ0n) is 24.6. The summed E-state index contributed by atoms with van der Waals surface area (Å²) in [5.74, 6) is 0.000168. The number of carbonyl (C=O) groups excluding carboxylic acids is 3. The molecule has 1 amide bonds. The van der Waals surface area contributed by atoms with Gasteiger partial charge >= 0.3 is 11.9 Å². The number of methoxy groups -OCH3 is 1. The molecule has 1 aliphatic heterocycles. The minimum Gasteiger partial charge on any atom is -0.493 e. The van der Waals surface area contributed by atoms with Crippen molar-refractivity contribution in [3.05, 3.63) is 18.0 Å². The van der Waals surface area contributed by atoms with E-state index in [1.807, 2.05) is 20.8 Å². The quantitative estimate of drug-likeness (QED) is 0.336. The number of carbonyl (C=O) groups is 3. The summed E-state index contributed by atoms with van der Waals surface area (Å²) < 4.78 is 25.9. The summed E-state index contributed by atoms with van der Waals surface area (Å²) >= 11 is 0. The summed E-state index contributed by atoms with van der Waals surface area (Å²) in [6.07, 6.45) is 7.29. The minimum atomic E-state index is -0.762. The molecule has 2 rings (SSSR count). The maximum atomic E-state index is 11.4. The fourth-order valence-electron chi connectivity index (χ4n) is 3.20. The molecular weight excluding hydrogens is 508 g/mol. The first kappa shape index (κ1) is 36.1. The molecule has 2 unspecified atom stereocenters. The van der Waals surface area contributed by atoms with Crippen LogP contribution in [-0.2, 0) is 23.8 Å². The van der Waals surface area contributed by atoms with Crippen LogP contribution in [0.5, 0.6) is 11.5 Å². The Labute approximate surface area is 232 Å². The number of aliphatic hydroxyl groups is 1. The van der Waals surface area contributed by atoms with Crippen LogP contribution in [0.2, 0.25) is 0 Å². The third-order valence-electron chi connectivity index (χ3n) is 5.15. The zero-order chi connectivity index (χ0) is 29.8. The standard InChI is InChI=1S/C14H26O3.C10H12N2O5.C4H10O/c1-11(2)10-16-13-7-5-4-6-8-14(15)17-12(3)9-13;1-6(13)16-5-17-9-7(15-2)3-4-12-8(9)10(11)14;1-4(2)3-5/h11-13H,4-10H2,1-3H3;3-4H,5H2,1-2H3,(H2,11,14);4-5H,3H2,1-2H3. The van der Waals surface area contributed by atoms with Gasteiger partial charge < -0.3 is 34.5 Å². The van der Waals surface area contributed by atoms with Crippen molar-refractivity contribution < 1.29 is 43.2 Å². The van der Waals surface area contributed by atoms with E-state index in [0.717, 1.165) is 38.7 Å². The van der Waals surface area contributed by atoms with Crippen LogP contribution in [-0.4, -0.2) is 67.3 Å². The molecule has 0 radical (unpaired) electrons. The number of esters is 2. The molecule has 0 saturated carbocycles. The van der Waals surface area contributed by atoms with Crippen LogP contribution in [0.1, 0.15) is 90.6 Å². The Morgan fingerprint density at radius 3 is 2.38 bits per heavy atom. The van der Waals surface area contributed by atoms with Crippen molar-refractivity contribution >= 4 is 17.8 Å². The van der Waals surface area contributed by atoms with Gasteiger partial charge in [0.05, 0.1) is 13.2 Å². The molecule has 1 aliphatic rings. The average Bonchev–Trinajstić information content (AvgIpc) is 2.87. The summed E-state index contributed by atoms with van der Waals surface area (Å²) in [7, 11) is 1.40. The number of ether oxygens (including phenoxy) is 5. The number of rotatable bonds is 9. The number of hydrogen-bond acceptors (Lipinski definition) is 10. The van der Waals surface area contributed by atoms with Gasteiger partial charge in [-0.05, 0) is 31.6 Å². The summed E-state index contributed by atoms with van der Waals surface area (Å²) in [6, 6.07) is 1.50. The Bertz CT molecular complexity index is 846. The lowest BCUT2D eigenvalue weighted by Crippen LogP contribution is -2.25. The van der Waals surface area contributed by atoms with Crippen LogP contribution in [0.4, 0.5) is 0 Å². The van der Waals surface area contributed by atoms with E-state index in [1.54, 1.807) is 0 Å². The van der Waals surface area contributed by atoms with Crippen LogP contribution in [0.15, 0.2) is 12.3 Å². The van der Waals surface area contributed by atoms with E-state index >= 15 is 0 Å². The van der Waals surface area contributed by atoms with Crippen molar-refractivity contribution in [2.24, 2.45) is 17.6 Å². The second kappa shape index (κ2) is 21.0. The van der Waals surface area contributed by atoms with Gasteiger partial charge in [-0.3, -0.25) is 14.4 Å². The highest BCUT2D eigenvalue weighted by Crippen LogP contribution is 2.29. The van der Waals surface area contributed by atoms with Gasteiger partial charge in [0.25, 0.3) is 5.91 Å². The molecule has 1 aromatic rings. The van der Waals surface area contributed by atoms with Crippen LogP contribution in [0.25, 0.3) is 0 Å². The van der Waals surface area contributed by atoms with Gasteiger partial charge in [0.15, 0.2) is 17.2 Å². The summed E-state index contributed by atoms with van der Waals surface area (Å²) in [5, 5.41) is 8.14. The third kappa shape index (κ3) is 18.1. The summed E-state index contributed by atoms with van der Waals surface area (Å²) in [6.45, 7) is 12.2. The van der Waals surface area contributed by atoms with Gasteiger partial charge in [0, 0.05) is 45.2 Å². The number of nitrogens with two attached hydrogens (primary N) is 1. The molecule has 0 spiro atoms. The third-order valence-corrected chi connectivity index (χ3v) is 5.15. The lowest BCUT2D eigenvalue weighted by atomic mass is 10.0. The van der Waals surface area contributed by atoms with Crippen molar-refractivity contribution in [1.29, 1.82) is 0 Å². The van der Waals surface area contributed by atoms with Crippen LogP contribution in [0.3, 0.4) is 0 Å². The maximum Gasteiger partial charge on any atom is 0.306 e. The molecule has 1 aromatic heterocycles. The lowest BCUT2D eigenvalue weighted by Gasteiger charge is -2.24. The zero-order valence-corrected chi connectivity index (χ0v) is 24.6. The predicted octanol–water partition coefficient (Wildman–Crippen LogP) is 4.04. The van der Waals surface area contributed by atoms with Gasteiger partial charge in [-0.1, -0.05) is 40.5 Å². The molecule has 2 atom stereocenters. The van der Waals surface area contributed by atoms with Gasteiger partial charge in [-0.15, -0.1) is 0 Å². The molecule has 2 heterocycles. The Morgan fingerprint density at radius 1 is 1.18 bits per heavy atom. The topological polar surface area (TPSA) is 156 Å². The fourth-order valence-corrected chi connectivity index (χ4v) is 3.20. The highest BCUT2D eigenvalue weighted by molar-refractivity contribution is 5.94. The van der Waals surface area contributed by atoms with Crippen molar-refractivity contribution in [2.75, 3.05) is 27.1 Å². The molecule has 1 saturated heterocycles. The smallest absolute Gasteiger partial charge is 0.306 e. The molecule has 0 aromatic carbocycles. The number of aromatic nitrogens is 1. The van der Waals surface area contributed by atoms with E-state index in [2.05, 4.69) is 23.6 Å². The van der Waals surface area contributed by atoms with Crippen LogP contribution in [0, 0.1) is 11.8 Å². The molecule has 0 bridgehead atoms. The van der Waals surface area contributed by atoms with Crippen LogP contribution < -0.4 is 15.2 Å². The largest absolute Gasteiger partial charge is 0.493 e. The first-order valence-corrected chi connectivity index (χ1v) is 13.4. The van der Waals surface area contributed by atoms with Crippen molar-refractivity contribution in [3.63, 3.8) is 0 Å². The Morgan fingerprint density at radius 2 is 1.85 bits per heavy atom. The van der Waals surface area contributed by atoms with Gasteiger partial charge in [-0.25, -0.2) is 4.98 Å². The molecule has 39 heavy (non-hydrogen) atoms. The predicted molar refractivity (Wildman–Crippen MR) is 146 cm³/mol. The van der Waals surface area contributed by atoms with Gasteiger partial charge in [-0.2, -0.15) is 0 Å². The molecule has 3 N–H and O–H groups in total.